The van der Waals surface area contributed by atoms with Crippen LogP contribution >= 0.6 is 0 Å². The van der Waals surface area contributed by atoms with E-state index in [0.717, 1.165) is 24.0 Å². The van der Waals surface area contributed by atoms with Crippen LogP contribution in [0.4, 0.5) is 0 Å². The minimum atomic E-state index is -0.466. The molecule has 4 aliphatic rings. The van der Waals surface area contributed by atoms with E-state index in [2.05, 4.69) is 6.58 Å². The summed E-state index contributed by atoms with van der Waals surface area (Å²) in [6.45, 7) is 7.83. The molecule has 5 atom stereocenters. The number of esters is 1. The van der Waals surface area contributed by atoms with Gasteiger partial charge in [0, 0.05) is 17.1 Å². The number of hydrogen-bond acceptors (Lipinski definition) is 4. The fourth-order valence-electron chi connectivity index (χ4n) is 4.09. The highest BCUT2D eigenvalue weighted by molar-refractivity contribution is 6.07. The number of Topliss-reactive ketones (excluding diaryl/α,β-unsaturated/α-hetero) is 1. The summed E-state index contributed by atoms with van der Waals surface area (Å²) in [4.78, 5) is 24.1. The summed E-state index contributed by atoms with van der Waals surface area (Å²) in [5, 5.41) is 0. The normalized spacial score (nSPS) is 47.6. The van der Waals surface area contributed by atoms with Gasteiger partial charge in [0.2, 0.25) is 0 Å². The Morgan fingerprint density at radius 1 is 1.37 bits per heavy atom. The van der Waals surface area contributed by atoms with Crippen molar-refractivity contribution < 1.29 is 19.1 Å². The first-order valence-electron chi connectivity index (χ1n) is 6.76. The smallest absolute Gasteiger partial charge is 0.334 e. The molecule has 0 unspecified atom stereocenters. The number of carbonyl (C=O) groups is 2. The zero-order valence-corrected chi connectivity index (χ0v) is 11.1. The summed E-state index contributed by atoms with van der Waals surface area (Å²) in [6.07, 6.45) is 1.06. The molecule has 4 rings (SSSR count). The molecule has 19 heavy (non-hydrogen) atoms. The van der Waals surface area contributed by atoms with Crippen LogP contribution in [0.15, 0.2) is 23.3 Å². The lowest BCUT2D eigenvalue weighted by Gasteiger charge is -2.26. The third-order valence-electron chi connectivity index (χ3n) is 5.24. The van der Waals surface area contributed by atoms with Crippen LogP contribution in [0.1, 0.15) is 26.7 Å². The van der Waals surface area contributed by atoms with Crippen molar-refractivity contribution in [2.75, 3.05) is 0 Å². The molecule has 0 spiro atoms. The van der Waals surface area contributed by atoms with E-state index >= 15 is 0 Å². The van der Waals surface area contributed by atoms with E-state index in [1.165, 1.54) is 0 Å². The second-order valence-electron chi connectivity index (χ2n) is 6.26. The van der Waals surface area contributed by atoms with Crippen molar-refractivity contribution in [3.63, 3.8) is 0 Å². The van der Waals surface area contributed by atoms with Crippen molar-refractivity contribution >= 4 is 11.8 Å². The number of epoxide rings is 1. The lowest BCUT2D eigenvalue weighted by Crippen LogP contribution is -2.35. The van der Waals surface area contributed by atoms with Crippen molar-refractivity contribution in [1.82, 2.24) is 0 Å². The number of fused-ring (bicyclic) bond motifs is 5. The zero-order chi connectivity index (χ0) is 13.5. The molecule has 0 bridgehead atoms. The molecule has 2 saturated heterocycles. The summed E-state index contributed by atoms with van der Waals surface area (Å²) in [5.41, 5.74) is 2.07. The average molecular weight is 260 g/mol. The maximum absolute atomic E-state index is 12.4. The van der Waals surface area contributed by atoms with Crippen LogP contribution < -0.4 is 0 Å². The van der Waals surface area contributed by atoms with Gasteiger partial charge in [0.1, 0.15) is 11.7 Å². The number of allylic oxidation sites excluding steroid dienone is 1. The van der Waals surface area contributed by atoms with Gasteiger partial charge in [-0.2, -0.15) is 0 Å². The topological polar surface area (TPSA) is 55.9 Å². The Balaban J connectivity index is 1.86. The Morgan fingerprint density at radius 2 is 2.11 bits per heavy atom. The minimum absolute atomic E-state index is 0.0255. The Hall–Kier alpha value is -1.42. The number of carbonyl (C=O) groups excluding carboxylic acids is 2. The Kier molecular flexibility index (Phi) is 1.91. The van der Waals surface area contributed by atoms with E-state index in [0.29, 0.717) is 5.57 Å². The van der Waals surface area contributed by atoms with Gasteiger partial charge in [0.15, 0.2) is 11.9 Å². The van der Waals surface area contributed by atoms with Crippen molar-refractivity contribution in [2.45, 2.75) is 44.5 Å². The fourth-order valence-corrected chi connectivity index (χ4v) is 4.09. The molecule has 2 heterocycles. The Morgan fingerprint density at radius 3 is 2.84 bits per heavy atom. The first-order valence-corrected chi connectivity index (χ1v) is 6.76. The van der Waals surface area contributed by atoms with Gasteiger partial charge in [-0.1, -0.05) is 12.2 Å². The molecular formula is C15H16O4. The van der Waals surface area contributed by atoms with E-state index < -0.39 is 5.60 Å². The predicted molar refractivity (Wildman–Crippen MR) is 66.2 cm³/mol. The van der Waals surface area contributed by atoms with E-state index in [4.69, 9.17) is 9.47 Å². The standard InChI is InChI=1S/C15H16O4/c1-6-4-5-8-7(2)14(17)18-12(8)10-9(6)11(16)13-15(10,3)19-13/h8,10,12-13H,2,4-5H2,1,3H3/t8-,10+,12+,13+,15+/m0/s1. The minimum Gasteiger partial charge on any atom is -0.458 e. The highest BCUT2D eigenvalue weighted by Gasteiger charge is 2.73. The first-order chi connectivity index (χ1) is 8.95. The second-order valence-corrected chi connectivity index (χ2v) is 6.26. The van der Waals surface area contributed by atoms with Gasteiger partial charge in [-0.15, -0.1) is 0 Å². The van der Waals surface area contributed by atoms with Crippen LogP contribution in [0.25, 0.3) is 0 Å². The summed E-state index contributed by atoms with van der Waals surface area (Å²) in [6, 6.07) is 0. The van der Waals surface area contributed by atoms with Crippen molar-refractivity contribution in [1.29, 1.82) is 0 Å². The molecule has 0 amide bonds. The van der Waals surface area contributed by atoms with E-state index in [9.17, 15) is 9.59 Å². The van der Waals surface area contributed by atoms with Crippen molar-refractivity contribution in [2.24, 2.45) is 11.8 Å². The molecule has 3 fully saturated rings. The fraction of sp³-hybridized carbons (Fsp3) is 0.600. The molecule has 4 nitrogen and oxygen atoms in total. The lowest BCUT2D eigenvalue weighted by molar-refractivity contribution is -0.142. The van der Waals surface area contributed by atoms with Gasteiger partial charge in [-0.05, 0) is 26.7 Å². The van der Waals surface area contributed by atoms with Gasteiger partial charge in [0.05, 0.1) is 5.92 Å². The number of ether oxygens (including phenoxy) is 2. The summed E-state index contributed by atoms with van der Waals surface area (Å²) in [7, 11) is 0. The van der Waals surface area contributed by atoms with Crippen LogP contribution in [0.3, 0.4) is 0 Å². The monoisotopic (exact) mass is 260 g/mol. The molecule has 0 aromatic heterocycles. The van der Waals surface area contributed by atoms with E-state index in [1.54, 1.807) is 0 Å². The lowest BCUT2D eigenvalue weighted by atomic mass is 9.81. The first kappa shape index (κ1) is 11.4. The molecule has 1 saturated carbocycles. The van der Waals surface area contributed by atoms with Crippen LogP contribution in [0, 0.1) is 11.8 Å². The van der Waals surface area contributed by atoms with Crippen LogP contribution in [0.5, 0.6) is 0 Å². The van der Waals surface area contributed by atoms with Gasteiger partial charge in [0.25, 0.3) is 0 Å². The molecule has 0 aromatic carbocycles. The molecule has 0 radical (unpaired) electrons. The number of hydrogen-bond donors (Lipinski definition) is 0. The Labute approximate surface area is 111 Å². The Bertz CT molecular complexity index is 573. The van der Waals surface area contributed by atoms with Gasteiger partial charge < -0.3 is 9.47 Å². The predicted octanol–water partition coefficient (Wildman–Crippen LogP) is 1.55. The van der Waals surface area contributed by atoms with Gasteiger partial charge >= 0.3 is 5.97 Å². The van der Waals surface area contributed by atoms with E-state index in [-0.39, 0.29) is 35.8 Å². The number of ketones is 1. The maximum atomic E-state index is 12.4. The maximum Gasteiger partial charge on any atom is 0.334 e. The molecular weight excluding hydrogens is 244 g/mol. The third kappa shape index (κ3) is 1.18. The molecule has 100 valence electrons. The molecule has 4 heteroatoms. The molecule has 2 aliphatic carbocycles. The molecule has 0 aromatic rings. The molecule has 2 aliphatic heterocycles. The highest BCUT2D eigenvalue weighted by Crippen LogP contribution is 2.60. The summed E-state index contributed by atoms with van der Waals surface area (Å²) < 4.78 is 11.1. The van der Waals surface area contributed by atoms with Crippen LogP contribution in [-0.4, -0.2) is 29.6 Å². The van der Waals surface area contributed by atoms with Crippen LogP contribution in [-0.2, 0) is 19.1 Å². The summed E-state index contributed by atoms with van der Waals surface area (Å²) in [5.74, 6) is -0.300. The zero-order valence-electron chi connectivity index (χ0n) is 11.1. The molecule has 0 N–H and O–H groups in total. The van der Waals surface area contributed by atoms with Crippen molar-refractivity contribution in [3.8, 4) is 0 Å². The average Bonchev–Trinajstić information content (AvgIpc) is 2.94. The van der Waals surface area contributed by atoms with Crippen molar-refractivity contribution in [3.05, 3.63) is 23.3 Å². The van der Waals surface area contributed by atoms with Crippen LogP contribution in [0.2, 0.25) is 0 Å². The number of rotatable bonds is 0. The third-order valence-corrected chi connectivity index (χ3v) is 5.24. The van der Waals surface area contributed by atoms with E-state index in [1.807, 2.05) is 13.8 Å². The van der Waals surface area contributed by atoms with Gasteiger partial charge in [-0.25, -0.2) is 4.79 Å². The second kappa shape index (κ2) is 3.18. The SMILES string of the molecule is C=C1C(=O)O[C@H]2[C@H]3C(=C(C)CC[C@@H]12)C(=O)[C@H]1O[C@@]13C. The van der Waals surface area contributed by atoms with Gasteiger partial charge in [-0.3, -0.25) is 4.79 Å². The largest absolute Gasteiger partial charge is 0.458 e. The quantitative estimate of drug-likeness (QED) is 0.377. The summed E-state index contributed by atoms with van der Waals surface area (Å²) >= 11 is 0. The highest BCUT2D eigenvalue weighted by atomic mass is 16.6.